The molecule has 0 unspecified atom stereocenters. The first-order valence-electron chi connectivity index (χ1n) is 16.9. The van der Waals surface area contributed by atoms with E-state index in [2.05, 4.69) is 25.5 Å². The number of likely N-dealkylation sites (tertiary alicyclic amines) is 1. The van der Waals surface area contributed by atoms with Crippen molar-refractivity contribution in [1.82, 2.24) is 25.5 Å². The molecular weight excluding hydrogens is 664 g/mol. The van der Waals surface area contributed by atoms with Crippen LogP contribution in [0.4, 0.5) is 20.4 Å². The standard InChI is InChI=1S/C23H25FN4O2.C17H14FN3O/c24-17-3-1-2-15(12-17)16-4-5-19-20(13-16)22(25)27-14-21(19)23(30)26-8-11-28-9-6-18(29)7-10-28;1-20-17(22)15-9-21-16(19)14-8-11(5-6-13(14)15)10-3-2-4-12(18)7-10/h1-5,12-14,18,29H,6-11H2,(H2,25,27)(H,26,30);2-9H,1H3,(H2,19,21)(H,20,22). The van der Waals surface area contributed by atoms with Crippen molar-refractivity contribution in [2.24, 2.45) is 0 Å². The molecule has 7 rings (SSSR count). The van der Waals surface area contributed by atoms with Gasteiger partial charge in [0, 0.05) is 56.4 Å². The predicted molar refractivity (Wildman–Crippen MR) is 201 cm³/mol. The fourth-order valence-corrected chi connectivity index (χ4v) is 6.29. The molecule has 7 N–H and O–H groups in total. The Hall–Kier alpha value is -5.98. The summed E-state index contributed by atoms with van der Waals surface area (Å²) >= 11 is 0. The van der Waals surface area contributed by atoms with Crippen LogP contribution in [-0.4, -0.2) is 71.1 Å². The molecule has 1 saturated heterocycles. The molecule has 2 aromatic heterocycles. The van der Waals surface area contributed by atoms with Crippen LogP contribution in [0.15, 0.2) is 97.3 Å². The lowest BCUT2D eigenvalue weighted by Gasteiger charge is -2.29. The minimum absolute atomic E-state index is 0.206. The number of aromatic nitrogens is 2. The maximum absolute atomic E-state index is 13.6. The number of carbonyl (C=O) groups excluding carboxylic acids is 2. The number of halogens is 2. The first-order valence-corrected chi connectivity index (χ1v) is 16.9. The quantitative estimate of drug-likeness (QED) is 0.140. The summed E-state index contributed by atoms with van der Waals surface area (Å²) in [6.07, 6.45) is 4.28. The van der Waals surface area contributed by atoms with Gasteiger partial charge >= 0.3 is 0 Å². The summed E-state index contributed by atoms with van der Waals surface area (Å²) in [5, 5.41) is 17.9. The first-order chi connectivity index (χ1) is 25.1. The van der Waals surface area contributed by atoms with E-state index in [4.69, 9.17) is 11.5 Å². The molecule has 0 saturated carbocycles. The van der Waals surface area contributed by atoms with Crippen LogP contribution in [0, 0.1) is 11.6 Å². The highest BCUT2D eigenvalue weighted by molar-refractivity contribution is 6.10. The molecule has 1 aliphatic rings. The van der Waals surface area contributed by atoms with E-state index in [1.165, 1.54) is 36.7 Å². The van der Waals surface area contributed by atoms with Crippen LogP contribution < -0.4 is 22.1 Å². The molecule has 12 heteroatoms. The topological polar surface area (TPSA) is 159 Å². The van der Waals surface area contributed by atoms with Crippen molar-refractivity contribution in [3.63, 3.8) is 0 Å². The van der Waals surface area contributed by atoms with E-state index in [1.54, 1.807) is 25.2 Å². The van der Waals surface area contributed by atoms with Crippen molar-refractivity contribution in [2.75, 3.05) is 44.7 Å². The molecule has 3 heterocycles. The van der Waals surface area contributed by atoms with Gasteiger partial charge in [0.05, 0.1) is 17.2 Å². The second-order valence-electron chi connectivity index (χ2n) is 12.6. The normalized spacial score (nSPS) is 13.4. The molecule has 0 radical (unpaired) electrons. The predicted octanol–water partition coefficient (Wildman–Crippen LogP) is 5.79. The monoisotopic (exact) mass is 703 g/mol. The van der Waals surface area contributed by atoms with Crippen molar-refractivity contribution in [3.05, 3.63) is 120 Å². The number of nitrogens with zero attached hydrogens (tertiary/aromatic N) is 3. The van der Waals surface area contributed by atoms with Gasteiger partial charge in [-0.05, 0) is 82.3 Å². The number of nitrogens with two attached hydrogens (primary N) is 2. The van der Waals surface area contributed by atoms with Gasteiger partial charge in [0.2, 0.25) is 0 Å². The fourth-order valence-electron chi connectivity index (χ4n) is 6.29. The maximum atomic E-state index is 13.6. The van der Waals surface area contributed by atoms with Crippen molar-refractivity contribution >= 4 is 45.0 Å². The van der Waals surface area contributed by atoms with Gasteiger partial charge in [0.15, 0.2) is 0 Å². The number of aliphatic hydroxyl groups is 1. The van der Waals surface area contributed by atoms with Gasteiger partial charge in [-0.2, -0.15) is 0 Å². The Labute approximate surface area is 299 Å². The Morgan fingerprint density at radius 1 is 0.731 bits per heavy atom. The molecule has 0 bridgehead atoms. The number of rotatable bonds is 7. The fraction of sp³-hybridized carbons (Fsp3) is 0.200. The smallest absolute Gasteiger partial charge is 0.253 e. The second-order valence-corrected chi connectivity index (χ2v) is 12.6. The van der Waals surface area contributed by atoms with Gasteiger partial charge in [0.1, 0.15) is 23.3 Å². The number of nitrogens with one attached hydrogen (secondary N) is 2. The zero-order chi connectivity index (χ0) is 36.8. The van der Waals surface area contributed by atoms with Crippen LogP contribution in [-0.2, 0) is 0 Å². The van der Waals surface area contributed by atoms with E-state index >= 15 is 0 Å². The molecule has 0 atom stereocenters. The number of amides is 2. The van der Waals surface area contributed by atoms with Crippen LogP contribution in [0.2, 0.25) is 0 Å². The van der Waals surface area contributed by atoms with Crippen LogP contribution in [0.25, 0.3) is 43.8 Å². The zero-order valence-electron chi connectivity index (χ0n) is 28.6. The van der Waals surface area contributed by atoms with Crippen LogP contribution in [0.1, 0.15) is 33.6 Å². The van der Waals surface area contributed by atoms with Gasteiger partial charge in [-0.1, -0.05) is 48.5 Å². The Morgan fingerprint density at radius 3 is 1.69 bits per heavy atom. The maximum Gasteiger partial charge on any atom is 0.253 e. The van der Waals surface area contributed by atoms with Gasteiger partial charge in [-0.15, -0.1) is 0 Å². The van der Waals surface area contributed by atoms with Gasteiger partial charge in [0.25, 0.3) is 11.8 Å². The van der Waals surface area contributed by atoms with Crippen molar-refractivity contribution < 1.29 is 23.5 Å². The minimum atomic E-state index is -0.310. The van der Waals surface area contributed by atoms with E-state index in [0.29, 0.717) is 50.9 Å². The number of nitrogen functional groups attached to an aromatic ring is 2. The number of piperidine rings is 1. The third kappa shape index (κ3) is 8.14. The average molecular weight is 704 g/mol. The number of hydrogen-bond acceptors (Lipinski definition) is 8. The molecule has 4 aromatic carbocycles. The van der Waals surface area contributed by atoms with Crippen LogP contribution >= 0.6 is 0 Å². The van der Waals surface area contributed by atoms with E-state index < -0.39 is 0 Å². The highest BCUT2D eigenvalue weighted by Crippen LogP contribution is 2.31. The summed E-state index contributed by atoms with van der Waals surface area (Å²) in [4.78, 5) is 35.2. The van der Waals surface area contributed by atoms with Crippen molar-refractivity contribution in [1.29, 1.82) is 0 Å². The molecule has 1 aliphatic heterocycles. The molecule has 266 valence electrons. The summed E-state index contributed by atoms with van der Waals surface area (Å²) in [6, 6.07) is 23.6. The van der Waals surface area contributed by atoms with Crippen LogP contribution in [0.5, 0.6) is 0 Å². The summed E-state index contributed by atoms with van der Waals surface area (Å²) in [6.45, 7) is 2.93. The number of benzene rings is 4. The van der Waals surface area contributed by atoms with E-state index in [-0.39, 0.29) is 29.6 Å². The lowest BCUT2D eigenvalue weighted by Crippen LogP contribution is -2.40. The number of aliphatic hydroxyl groups excluding tert-OH is 1. The Bertz CT molecular complexity index is 2260. The molecule has 0 aliphatic carbocycles. The summed E-state index contributed by atoms with van der Waals surface area (Å²) < 4.78 is 27.0. The third-order valence-corrected chi connectivity index (χ3v) is 9.14. The van der Waals surface area contributed by atoms with Crippen LogP contribution in [0.3, 0.4) is 0 Å². The van der Waals surface area contributed by atoms with Gasteiger partial charge in [-0.3, -0.25) is 9.59 Å². The van der Waals surface area contributed by atoms with E-state index in [9.17, 15) is 23.5 Å². The molecule has 10 nitrogen and oxygen atoms in total. The number of carbonyl (C=O) groups is 2. The zero-order valence-corrected chi connectivity index (χ0v) is 28.6. The molecule has 52 heavy (non-hydrogen) atoms. The first kappa shape index (κ1) is 35.8. The minimum Gasteiger partial charge on any atom is -0.393 e. The summed E-state index contributed by atoms with van der Waals surface area (Å²) in [7, 11) is 1.56. The summed E-state index contributed by atoms with van der Waals surface area (Å²) in [5.74, 6) is -0.385. The molecular formula is C40H39F2N7O3. The lowest BCUT2D eigenvalue weighted by molar-refractivity contribution is 0.0805. The highest BCUT2D eigenvalue weighted by Gasteiger charge is 2.18. The van der Waals surface area contributed by atoms with E-state index in [0.717, 1.165) is 54.7 Å². The van der Waals surface area contributed by atoms with Gasteiger partial charge in [-0.25, -0.2) is 18.7 Å². The highest BCUT2D eigenvalue weighted by atomic mass is 19.1. The Morgan fingerprint density at radius 2 is 1.21 bits per heavy atom. The number of fused-ring (bicyclic) bond motifs is 2. The van der Waals surface area contributed by atoms with E-state index in [1.807, 2.05) is 42.5 Å². The largest absolute Gasteiger partial charge is 0.393 e. The second kappa shape index (κ2) is 15.9. The Balaban J connectivity index is 0.000000187. The number of hydrogen-bond donors (Lipinski definition) is 5. The third-order valence-electron chi connectivity index (χ3n) is 9.14. The van der Waals surface area contributed by atoms with Crippen molar-refractivity contribution in [3.8, 4) is 22.3 Å². The SMILES string of the molecule is CNC(=O)c1cnc(N)c2cc(-c3cccc(F)c3)ccc12.Nc1ncc(C(=O)NCCN2CCC(O)CC2)c2ccc(-c3cccc(F)c3)cc12. The summed E-state index contributed by atoms with van der Waals surface area (Å²) in [5.41, 5.74) is 16.0. The number of pyridine rings is 2. The molecule has 0 spiro atoms. The average Bonchev–Trinajstić information content (AvgIpc) is 3.16. The molecule has 1 fully saturated rings. The lowest BCUT2D eigenvalue weighted by atomic mass is 9.99. The molecule has 6 aromatic rings. The van der Waals surface area contributed by atoms with Gasteiger partial charge < -0.3 is 32.1 Å². The van der Waals surface area contributed by atoms with Crippen molar-refractivity contribution in [2.45, 2.75) is 18.9 Å². The number of anilines is 2. The Kier molecular flexibility index (Phi) is 11.0. The molecule has 2 amide bonds.